The van der Waals surface area contributed by atoms with E-state index in [1.54, 1.807) is 102 Å². The first-order chi connectivity index (χ1) is 64.4. The summed E-state index contributed by atoms with van der Waals surface area (Å²) in [4.78, 5) is 184. The number of hydrogen-bond donors (Lipinski definition) is 18. The van der Waals surface area contributed by atoms with Gasteiger partial charge in [-0.2, -0.15) is 0 Å². The Morgan fingerprint density at radius 2 is 0.604 bits per heavy atom. The number of H-pyrrole nitrogens is 1. The number of hydrogen-bond acceptors (Lipinski definition) is 23. The Kier molecular flexibility index (Phi) is 57.1. The molecular formula is C92H133Cl5N20O17. The highest BCUT2D eigenvalue weighted by Crippen LogP contribution is 2.22. The van der Waals surface area contributed by atoms with Crippen molar-refractivity contribution in [1.29, 1.82) is 0 Å². The van der Waals surface area contributed by atoms with E-state index in [4.69, 9.17) is 88.3 Å². The maximum absolute atomic E-state index is 15.1. The first kappa shape index (κ1) is 114. The van der Waals surface area contributed by atoms with Crippen LogP contribution in [0.1, 0.15) is 150 Å². The van der Waals surface area contributed by atoms with Crippen molar-refractivity contribution in [3.05, 3.63) is 175 Å². The minimum atomic E-state index is -1.02. The van der Waals surface area contributed by atoms with Crippen LogP contribution in [0, 0.1) is 0 Å². The maximum Gasteiger partial charge on any atom is 0.408 e. The molecule has 42 heteroatoms. The summed E-state index contributed by atoms with van der Waals surface area (Å²) in [6.45, 7) is 1.23. The number of carbonyl (C=O) groups excluding carboxylic acids is 13. The molecule has 6 rings (SSSR count). The second-order valence-corrected chi connectivity index (χ2v) is 33.1. The predicted octanol–water partition coefficient (Wildman–Crippen LogP) is 7.19. The van der Waals surface area contributed by atoms with Crippen LogP contribution in [0.4, 0.5) is 19.2 Å². The van der Waals surface area contributed by atoms with Gasteiger partial charge in [0.2, 0.25) is 53.2 Å². The molecule has 1 heterocycles. The van der Waals surface area contributed by atoms with Crippen LogP contribution >= 0.6 is 58.8 Å². The summed E-state index contributed by atoms with van der Waals surface area (Å²) < 4.78 is 21.6. The van der Waals surface area contributed by atoms with Gasteiger partial charge in [0.25, 0.3) is 0 Å². The molecule has 0 aliphatic rings. The van der Waals surface area contributed by atoms with Gasteiger partial charge >= 0.3 is 24.4 Å². The number of para-hydroxylation sites is 1. The lowest BCUT2D eigenvalue weighted by Crippen LogP contribution is -2.50. The average Bonchev–Trinajstić information content (AvgIpc) is 1.72. The molecule has 0 aliphatic carbocycles. The quantitative estimate of drug-likeness (QED) is 0.0133. The number of halogens is 5. The zero-order valence-electron chi connectivity index (χ0n) is 75.8. The molecule has 0 saturated carbocycles. The van der Waals surface area contributed by atoms with Crippen LogP contribution in [0.5, 0.6) is 0 Å². The van der Waals surface area contributed by atoms with Crippen LogP contribution in [-0.4, -0.2) is 240 Å². The molecule has 738 valence electrons. The van der Waals surface area contributed by atoms with E-state index in [-0.39, 0.29) is 188 Å². The molecule has 1 aromatic heterocycles. The van der Waals surface area contributed by atoms with E-state index in [1.807, 2.05) is 35.2 Å². The van der Waals surface area contributed by atoms with Crippen molar-refractivity contribution in [3.8, 4) is 0 Å². The topological polar surface area (TPSA) is 542 Å². The molecular weight excluding hydrogens is 1830 g/mol. The van der Waals surface area contributed by atoms with Gasteiger partial charge in [-0.05, 0) is 164 Å². The van der Waals surface area contributed by atoms with Crippen molar-refractivity contribution >= 4 is 147 Å². The highest BCUT2D eigenvalue weighted by Gasteiger charge is 2.30. The molecule has 5 aromatic carbocycles. The third kappa shape index (κ3) is 46.9. The highest BCUT2D eigenvalue weighted by atomic mass is 35.5. The Hall–Kier alpha value is -10.8. The van der Waals surface area contributed by atoms with Gasteiger partial charge in [0.05, 0.1) is 6.04 Å². The number of ether oxygens (including phenoxy) is 4. The Balaban J connectivity index is 0.0000317. The summed E-state index contributed by atoms with van der Waals surface area (Å²) in [5, 5.41) is 38.6. The number of alkyl carbamates (subject to hydrolysis) is 4. The summed E-state index contributed by atoms with van der Waals surface area (Å²) in [6.07, 6.45) is 2.68. The number of benzene rings is 5. The van der Waals surface area contributed by atoms with Crippen molar-refractivity contribution in [2.24, 2.45) is 22.9 Å². The lowest BCUT2D eigenvalue weighted by molar-refractivity contribution is -0.129. The van der Waals surface area contributed by atoms with E-state index < -0.39 is 108 Å². The minimum absolute atomic E-state index is 0. The van der Waals surface area contributed by atoms with Gasteiger partial charge in [-0.1, -0.05) is 144 Å². The number of aromatic nitrogens is 1. The number of fused-ring (bicyclic) bond motifs is 1. The molecule has 0 aliphatic heterocycles. The number of amides is 13. The Morgan fingerprint density at radius 1 is 0.321 bits per heavy atom. The summed E-state index contributed by atoms with van der Waals surface area (Å²) >= 11 is 25.1. The van der Waals surface area contributed by atoms with Gasteiger partial charge in [0.15, 0.2) is 0 Å². The second-order valence-electron chi connectivity index (χ2n) is 31.5. The molecule has 0 unspecified atom stereocenters. The van der Waals surface area contributed by atoms with E-state index in [1.165, 1.54) is 0 Å². The van der Waals surface area contributed by atoms with Crippen LogP contribution in [0.25, 0.3) is 10.9 Å². The minimum Gasteiger partial charge on any atom is -0.445 e. The smallest absolute Gasteiger partial charge is 0.408 e. The van der Waals surface area contributed by atoms with Crippen LogP contribution < -0.4 is 92.1 Å². The van der Waals surface area contributed by atoms with E-state index >= 15 is 4.79 Å². The first-order valence-corrected chi connectivity index (χ1v) is 46.8. The van der Waals surface area contributed by atoms with E-state index in [0.29, 0.717) is 139 Å². The van der Waals surface area contributed by atoms with Crippen LogP contribution in [0.2, 0.25) is 20.1 Å². The second kappa shape index (κ2) is 67.4. The monoisotopic (exact) mass is 1960 g/mol. The summed E-state index contributed by atoms with van der Waals surface area (Å²) in [6, 6.07) is 32.1. The molecule has 22 N–H and O–H groups in total. The van der Waals surface area contributed by atoms with Crippen LogP contribution in [-0.2, 0) is 94.9 Å². The number of nitrogens with two attached hydrogens (primary N) is 4. The predicted molar refractivity (Wildman–Crippen MR) is 516 cm³/mol. The van der Waals surface area contributed by atoms with Gasteiger partial charge in [0, 0.05) is 171 Å². The van der Waals surface area contributed by atoms with Crippen molar-refractivity contribution in [1.82, 2.24) is 83.9 Å². The largest absolute Gasteiger partial charge is 0.445 e. The number of rotatable bonds is 66. The number of nitrogens with zero attached hydrogens (tertiary/aromatic N) is 2. The molecule has 13 amide bonds. The number of aromatic amines is 1. The molecule has 0 radical (unpaired) electrons. The van der Waals surface area contributed by atoms with Gasteiger partial charge in [-0.25, -0.2) is 19.2 Å². The van der Waals surface area contributed by atoms with E-state index in [2.05, 4.69) is 74.1 Å². The number of unbranched alkanes of at least 4 members (excludes halogenated alkanes) is 5. The molecule has 5 atom stereocenters. The highest BCUT2D eigenvalue weighted by molar-refractivity contribution is 6.32. The van der Waals surface area contributed by atoms with Gasteiger partial charge in [-0.15, -0.1) is 12.4 Å². The zero-order valence-corrected chi connectivity index (χ0v) is 79.6. The number of carbonyl (C=O) groups is 13. The van der Waals surface area contributed by atoms with Crippen molar-refractivity contribution in [2.75, 3.05) is 118 Å². The standard InChI is InChI=1S/C92H132Cl4N20O17.ClH/c93-70-26-6-1-22-65(70)60-130-89(126)111-75(31-11-16-41-97)84(121)106-50-46-101-80(117)37-55-115(56-38-81(118)102-47-51-107-85(122)76(32-12-17-42-98)112-90(127)131-61-66-23-2-7-27-71(66)94)54-20-15-35-79(88(125)105-45-36-69-59-64-21-5-10-30-74(64)110-69)116(57-39-82(119)103-48-52-108-86(123)77(33-13-18-43-99)113-91(128)132-62-67-24-3-8-28-72(67)95)58-40-83(120)104-49-53-109-87(124)78(34-14-19-44-100)114-92(129)133-63-68-25-4-9-29-73(68)96;/h1-10,21-30,59,75-79,110H,11-20,31-58,60-63,97-100H2,(H,101,117)(H,102,118)(H,103,119)(H,104,120)(H,105,125)(H,106,121)(H,107,122)(H,108,123)(H,109,124)(H,111,126)(H,112,127)(H,113,128)(H,114,129);1H/t75-,76-,77-,78-,79+;/m0./s1. The summed E-state index contributed by atoms with van der Waals surface area (Å²) in [5.74, 6) is -4.25. The SMILES string of the molecule is Cl.NCCCC[C@H](NC(=O)OCc1ccccc1Cl)C(=O)NCCNC(=O)CCN(CCCC[C@H](C(=O)NCCc1cc2ccccc2[nH]1)N(CCC(=O)NCCNC(=O)[C@H](CCCCN)NC(=O)OCc1ccccc1Cl)CCC(=O)NCCNC(=O)[C@H](CCCCN)NC(=O)OCc1ccccc1Cl)CCC(=O)NCCNC(=O)[C@H](CCCCN)NC(=O)OCc1ccccc1Cl. The molecule has 134 heavy (non-hydrogen) atoms. The summed E-state index contributed by atoms with van der Waals surface area (Å²) in [7, 11) is 0. The van der Waals surface area contributed by atoms with Crippen molar-refractivity contribution in [2.45, 2.75) is 185 Å². The Bertz CT molecular complexity index is 4340. The number of nitrogens with one attached hydrogen (secondary N) is 14. The normalized spacial score (nSPS) is 12.1. The van der Waals surface area contributed by atoms with Crippen LogP contribution in [0.15, 0.2) is 127 Å². The molecule has 0 bridgehead atoms. The molecule has 37 nitrogen and oxygen atoms in total. The lowest BCUT2D eigenvalue weighted by Gasteiger charge is -2.31. The molecule has 0 spiro atoms. The van der Waals surface area contributed by atoms with Gasteiger partial charge < -0.3 is 121 Å². The van der Waals surface area contributed by atoms with Gasteiger partial charge in [-0.3, -0.25) is 48.1 Å². The zero-order chi connectivity index (χ0) is 96.2. The molecule has 0 saturated heterocycles. The lowest BCUT2D eigenvalue weighted by atomic mass is 10.0. The fraction of sp³-hybridized carbons (Fsp3) is 0.511. The fourth-order valence-electron chi connectivity index (χ4n) is 13.8. The third-order valence-corrected chi connectivity index (χ3v) is 22.7. The maximum atomic E-state index is 15.1. The first-order valence-electron chi connectivity index (χ1n) is 45.3. The van der Waals surface area contributed by atoms with Crippen molar-refractivity contribution in [3.63, 3.8) is 0 Å². The van der Waals surface area contributed by atoms with E-state index in [0.717, 1.165) is 16.6 Å². The molecule has 0 fully saturated rings. The Morgan fingerprint density at radius 3 is 0.918 bits per heavy atom. The van der Waals surface area contributed by atoms with E-state index in [9.17, 15) is 57.5 Å². The van der Waals surface area contributed by atoms with Crippen molar-refractivity contribution < 1.29 is 81.3 Å². The van der Waals surface area contributed by atoms with Gasteiger partial charge in [0.1, 0.15) is 50.6 Å². The third-order valence-electron chi connectivity index (χ3n) is 21.3. The fourth-order valence-corrected chi connectivity index (χ4v) is 14.6. The average molecular weight is 1970 g/mol. The molecule has 6 aromatic rings. The Labute approximate surface area is 808 Å². The van der Waals surface area contributed by atoms with Crippen LogP contribution in [0.3, 0.4) is 0 Å². The summed E-state index contributed by atoms with van der Waals surface area (Å²) in [5.41, 5.74) is 27.0.